The van der Waals surface area contributed by atoms with Gasteiger partial charge in [-0.25, -0.2) is 4.98 Å². The number of hydrogen-bond donors (Lipinski definition) is 1. The molecular formula is C16H17F3N4O. The first-order chi connectivity index (χ1) is 11.4. The van der Waals surface area contributed by atoms with Crippen molar-refractivity contribution in [1.29, 1.82) is 0 Å². The van der Waals surface area contributed by atoms with E-state index in [2.05, 4.69) is 20.2 Å². The highest BCUT2D eigenvalue weighted by atomic mass is 19.4. The van der Waals surface area contributed by atoms with Gasteiger partial charge in [-0.3, -0.25) is 0 Å². The molecule has 0 radical (unpaired) electrons. The lowest BCUT2D eigenvalue weighted by molar-refractivity contribution is -0.137. The van der Waals surface area contributed by atoms with Crippen LogP contribution in [0.4, 0.5) is 30.6 Å². The van der Waals surface area contributed by atoms with E-state index in [0.717, 1.165) is 36.7 Å². The number of anilines is 3. The van der Waals surface area contributed by atoms with Crippen LogP contribution in [-0.4, -0.2) is 36.3 Å². The molecule has 1 aliphatic rings. The van der Waals surface area contributed by atoms with E-state index < -0.39 is 11.7 Å². The molecule has 5 nitrogen and oxygen atoms in total. The molecule has 2 heterocycles. The Kier molecular flexibility index (Phi) is 4.57. The fraction of sp³-hybridized carbons (Fsp3) is 0.375. The molecule has 8 heteroatoms. The van der Waals surface area contributed by atoms with Crippen LogP contribution >= 0.6 is 0 Å². The second-order valence-electron chi connectivity index (χ2n) is 5.49. The summed E-state index contributed by atoms with van der Waals surface area (Å²) >= 11 is 0. The zero-order valence-corrected chi connectivity index (χ0v) is 13.1. The highest BCUT2D eigenvalue weighted by molar-refractivity contribution is 5.57. The highest BCUT2D eigenvalue weighted by Gasteiger charge is 2.30. The SMILES string of the molecule is Cc1cc(N2CCOCC2)nc(Nc2cccc(C(F)(F)F)c2)n1. The van der Waals surface area contributed by atoms with Crippen molar-refractivity contribution in [1.82, 2.24) is 9.97 Å². The van der Waals surface area contributed by atoms with Gasteiger partial charge < -0.3 is 15.0 Å². The Morgan fingerprint density at radius 2 is 1.88 bits per heavy atom. The number of ether oxygens (including phenoxy) is 1. The smallest absolute Gasteiger partial charge is 0.378 e. The van der Waals surface area contributed by atoms with E-state index in [0.29, 0.717) is 18.9 Å². The van der Waals surface area contributed by atoms with Crippen LogP contribution in [0.25, 0.3) is 0 Å². The standard InChI is InChI=1S/C16H17F3N4O/c1-11-9-14(23-5-7-24-8-6-23)22-15(20-11)21-13-4-2-3-12(10-13)16(17,18)19/h2-4,9-10H,5-8H2,1H3,(H,20,21,22). The Hall–Kier alpha value is -2.35. The molecule has 1 N–H and O–H groups in total. The average Bonchev–Trinajstić information content (AvgIpc) is 2.54. The molecule has 0 amide bonds. The number of halogens is 3. The molecule has 0 bridgehead atoms. The van der Waals surface area contributed by atoms with Crippen molar-refractivity contribution in [3.63, 3.8) is 0 Å². The van der Waals surface area contributed by atoms with Crippen LogP contribution in [0.2, 0.25) is 0 Å². The minimum atomic E-state index is -4.38. The minimum absolute atomic E-state index is 0.274. The predicted octanol–water partition coefficient (Wildman–Crippen LogP) is 3.38. The maximum atomic E-state index is 12.8. The van der Waals surface area contributed by atoms with Crippen LogP contribution in [0.3, 0.4) is 0 Å². The molecule has 1 fully saturated rings. The van der Waals surface area contributed by atoms with Crippen molar-refractivity contribution in [2.24, 2.45) is 0 Å². The number of aromatic nitrogens is 2. The summed E-state index contributed by atoms with van der Waals surface area (Å²) < 4.78 is 43.7. The van der Waals surface area contributed by atoms with Crippen LogP contribution in [-0.2, 0) is 10.9 Å². The number of aryl methyl sites for hydroxylation is 1. The number of benzene rings is 1. The second kappa shape index (κ2) is 6.64. The van der Waals surface area contributed by atoms with Crippen molar-refractivity contribution in [2.75, 3.05) is 36.5 Å². The van der Waals surface area contributed by atoms with Gasteiger partial charge in [-0.05, 0) is 25.1 Å². The maximum absolute atomic E-state index is 12.8. The molecule has 3 rings (SSSR count). The third kappa shape index (κ3) is 3.94. The minimum Gasteiger partial charge on any atom is -0.378 e. The first-order valence-corrected chi connectivity index (χ1v) is 7.54. The molecule has 0 atom stereocenters. The van der Waals surface area contributed by atoms with Crippen LogP contribution < -0.4 is 10.2 Å². The van der Waals surface area contributed by atoms with E-state index in [1.165, 1.54) is 6.07 Å². The van der Waals surface area contributed by atoms with E-state index in [1.807, 2.05) is 13.0 Å². The van der Waals surface area contributed by atoms with Crippen molar-refractivity contribution in [2.45, 2.75) is 13.1 Å². The molecule has 1 aromatic heterocycles. The zero-order valence-electron chi connectivity index (χ0n) is 13.1. The number of morpholine rings is 1. The molecule has 0 unspecified atom stereocenters. The summed E-state index contributed by atoms with van der Waals surface area (Å²) in [6.45, 7) is 4.51. The third-order valence-corrected chi connectivity index (χ3v) is 3.62. The van der Waals surface area contributed by atoms with Crippen LogP contribution in [0.15, 0.2) is 30.3 Å². The second-order valence-corrected chi connectivity index (χ2v) is 5.49. The van der Waals surface area contributed by atoms with Gasteiger partial charge in [0.25, 0.3) is 0 Å². The van der Waals surface area contributed by atoms with Crippen molar-refractivity contribution in [3.8, 4) is 0 Å². The van der Waals surface area contributed by atoms with Crippen LogP contribution in [0, 0.1) is 6.92 Å². The number of rotatable bonds is 3. The molecule has 0 saturated carbocycles. The Morgan fingerprint density at radius 3 is 2.58 bits per heavy atom. The highest BCUT2D eigenvalue weighted by Crippen LogP contribution is 2.31. The Balaban J connectivity index is 1.83. The quantitative estimate of drug-likeness (QED) is 0.930. The van der Waals surface area contributed by atoms with Gasteiger partial charge in [-0.15, -0.1) is 0 Å². The molecule has 2 aromatic rings. The van der Waals surface area contributed by atoms with Gasteiger partial charge in [-0.1, -0.05) is 6.07 Å². The summed E-state index contributed by atoms with van der Waals surface area (Å²) in [6.07, 6.45) is -4.38. The number of nitrogens with one attached hydrogen (secondary N) is 1. The van der Waals surface area contributed by atoms with E-state index in [-0.39, 0.29) is 5.95 Å². The van der Waals surface area contributed by atoms with Gasteiger partial charge in [0.2, 0.25) is 5.95 Å². The van der Waals surface area contributed by atoms with Crippen molar-refractivity contribution >= 4 is 17.5 Å². The molecule has 0 spiro atoms. The summed E-state index contributed by atoms with van der Waals surface area (Å²) in [5.41, 5.74) is 0.317. The van der Waals surface area contributed by atoms with Gasteiger partial charge >= 0.3 is 6.18 Å². The number of alkyl halides is 3. The number of hydrogen-bond acceptors (Lipinski definition) is 5. The maximum Gasteiger partial charge on any atom is 0.416 e. The molecule has 1 aromatic carbocycles. The van der Waals surface area contributed by atoms with Crippen LogP contribution in [0.5, 0.6) is 0 Å². The summed E-state index contributed by atoms with van der Waals surface area (Å²) in [6, 6.07) is 6.82. The van der Waals surface area contributed by atoms with Gasteiger partial charge in [-0.2, -0.15) is 18.2 Å². The summed E-state index contributed by atoms with van der Waals surface area (Å²) in [5, 5.41) is 2.86. The van der Waals surface area contributed by atoms with E-state index in [9.17, 15) is 13.2 Å². The largest absolute Gasteiger partial charge is 0.416 e. The fourth-order valence-electron chi connectivity index (χ4n) is 2.46. The topological polar surface area (TPSA) is 50.3 Å². The molecule has 24 heavy (non-hydrogen) atoms. The molecule has 0 aliphatic carbocycles. The molecule has 128 valence electrons. The Morgan fingerprint density at radius 1 is 1.12 bits per heavy atom. The van der Waals surface area contributed by atoms with Gasteiger partial charge in [0.15, 0.2) is 0 Å². The first kappa shape index (κ1) is 16.5. The summed E-state index contributed by atoms with van der Waals surface area (Å²) in [7, 11) is 0. The fourth-order valence-corrected chi connectivity index (χ4v) is 2.46. The average molecular weight is 338 g/mol. The lowest BCUT2D eigenvalue weighted by atomic mass is 10.2. The van der Waals surface area contributed by atoms with Crippen molar-refractivity contribution < 1.29 is 17.9 Å². The van der Waals surface area contributed by atoms with Gasteiger partial charge in [0, 0.05) is 30.5 Å². The van der Waals surface area contributed by atoms with Crippen LogP contribution in [0.1, 0.15) is 11.3 Å². The molecule has 1 saturated heterocycles. The normalized spacial score (nSPS) is 15.4. The Labute approximate surface area is 137 Å². The van der Waals surface area contributed by atoms with E-state index in [4.69, 9.17) is 4.74 Å². The summed E-state index contributed by atoms with van der Waals surface area (Å²) in [5.74, 6) is 1.01. The Bertz CT molecular complexity index is 715. The lowest BCUT2D eigenvalue weighted by Crippen LogP contribution is -2.36. The monoisotopic (exact) mass is 338 g/mol. The molecule has 1 aliphatic heterocycles. The third-order valence-electron chi connectivity index (χ3n) is 3.62. The predicted molar refractivity (Wildman–Crippen MR) is 84.5 cm³/mol. The van der Waals surface area contributed by atoms with E-state index >= 15 is 0 Å². The van der Waals surface area contributed by atoms with Gasteiger partial charge in [0.05, 0.1) is 18.8 Å². The van der Waals surface area contributed by atoms with Gasteiger partial charge in [0.1, 0.15) is 5.82 Å². The number of nitrogens with zero attached hydrogens (tertiary/aromatic N) is 3. The van der Waals surface area contributed by atoms with Crippen molar-refractivity contribution in [3.05, 3.63) is 41.6 Å². The lowest BCUT2D eigenvalue weighted by Gasteiger charge is -2.28. The first-order valence-electron chi connectivity index (χ1n) is 7.54. The summed E-state index contributed by atoms with van der Waals surface area (Å²) in [4.78, 5) is 10.7. The van der Waals surface area contributed by atoms with E-state index in [1.54, 1.807) is 6.07 Å². The molecular weight excluding hydrogens is 321 g/mol. The zero-order chi connectivity index (χ0) is 17.2.